The van der Waals surface area contributed by atoms with Gasteiger partial charge in [0, 0.05) is 31.8 Å². The van der Waals surface area contributed by atoms with Crippen LogP contribution >= 0.6 is 22.5 Å². The zero-order valence-electron chi connectivity index (χ0n) is 7.95. The Morgan fingerprint density at radius 1 is 1.62 bits per heavy atom. The van der Waals surface area contributed by atoms with Crippen molar-refractivity contribution in [2.75, 3.05) is 7.05 Å². The van der Waals surface area contributed by atoms with Crippen LogP contribution in [0.4, 0.5) is 0 Å². The van der Waals surface area contributed by atoms with E-state index in [1.165, 1.54) is 16.4 Å². The van der Waals surface area contributed by atoms with Gasteiger partial charge in [0.05, 0.1) is 5.04 Å². The lowest BCUT2D eigenvalue weighted by Gasteiger charge is -2.13. The molecule has 1 aliphatic heterocycles. The highest BCUT2D eigenvalue weighted by atomic mass is 33.1. The number of nitrogens with zero attached hydrogens (tertiary/aromatic N) is 2. The summed E-state index contributed by atoms with van der Waals surface area (Å²) < 4.78 is 0. The topological polar surface area (TPSA) is 24.7 Å². The van der Waals surface area contributed by atoms with Crippen molar-refractivity contribution in [1.29, 1.82) is 0 Å². The minimum atomic E-state index is 0.847. The molecule has 13 heavy (non-hydrogen) atoms. The van der Waals surface area contributed by atoms with E-state index >= 15 is 0 Å². The van der Waals surface area contributed by atoms with Crippen molar-refractivity contribution in [3.05, 3.63) is 11.3 Å². The number of thiol groups is 1. The van der Waals surface area contributed by atoms with Crippen molar-refractivity contribution in [2.45, 2.75) is 26.2 Å². The summed E-state index contributed by atoms with van der Waals surface area (Å²) in [6.07, 6.45) is 4.89. The Labute approximate surface area is 88.4 Å². The zero-order chi connectivity index (χ0) is 9.68. The van der Waals surface area contributed by atoms with Crippen molar-refractivity contribution in [2.24, 2.45) is 9.98 Å². The van der Waals surface area contributed by atoms with Crippen LogP contribution in [-0.2, 0) is 0 Å². The van der Waals surface area contributed by atoms with Crippen LogP contribution < -0.4 is 0 Å². The van der Waals surface area contributed by atoms with Crippen molar-refractivity contribution in [3.63, 3.8) is 0 Å². The molecule has 72 valence electrons. The van der Waals surface area contributed by atoms with Gasteiger partial charge in [-0.2, -0.15) is 0 Å². The number of hydrogen-bond donors (Lipinski definition) is 1. The van der Waals surface area contributed by atoms with E-state index in [1.807, 2.05) is 6.21 Å². The summed E-state index contributed by atoms with van der Waals surface area (Å²) in [6.45, 7) is 2.14. The highest BCUT2D eigenvalue weighted by Crippen LogP contribution is 2.26. The van der Waals surface area contributed by atoms with Crippen molar-refractivity contribution in [3.8, 4) is 0 Å². The monoisotopic (exact) mass is 214 g/mol. The first-order valence-electron chi connectivity index (χ1n) is 4.26. The Hall–Kier alpha value is -0.220. The van der Waals surface area contributed by atoms with Crippen molar-refractivity contribution in [1.82, 2.24) is 0 Å². The van der Waals surface area contributed by atoms with Crippen LogP contribution in [0.3, 0.4) is 0 Å². The molecule has 4 heteroatoms. The first-order valence-corrected chi connectivity index (χ1v) is 6.13. The van der Waals surface area contributed by atoms with Crippen LogP contribution in [-0.4, -0.2) is 18.3 Å². The Morgan fingerprint density at radius 2 is 2.38 bits per heavy atom. The van der Waals surface area contributed by atoms with Gasteiger partial charge in [0.2, 0.25) is 0 Å². The fraction of sp³-hybridized carbons (Fsp3) is 0.556. The van der Waals surface area contributed by atoms with E-state index in [1.54, 1.807) is 7.05 Å². The molecule has 0 aromatic heterocycles. The maximum Gasteiger partial charge on any atom is 0.0841 e. The molecule has 1 heterocycles. The molecule has 0 atom stereocenters. The normalized spacial score (nSPS) is 18.2. The Balaban J connectivity index is 2.73. The second kappa shape index (κ2) is 5.50. The molecule has 0 aromatic rings. The summed E-state index contributed by atoms with van der Waals surface area (Å²) in [6, 6.07) is 0. The largest absolute Gasteiger partial charge is 0.300 e. The average Bonchev–Trinajstić information content (AvgIpc) is 2.17. The molecular formula is C9H14N2S2. The van der Waals surface area contributed by atoms with Gasteiger partial charge in [-0.15, -0.1) is 11.7 Å². The van der Waals surface area contributed by atoms with Crippen LogP contribution in [0.15, 0.2) is 21.3 Å². The summed E-state index contributed by atoms with van der Waals surface area (Å²) in [7, 11) is 3.24. The quantitative estimate of drug-likeness (QED) is 0.426. The average molecular weight is 214 g/mol. The predicted molar refractivity (Wildman–Crippen MR) is 65.0 cm³/mol. The fourth-order valence-corrected chi connectivity index (χ4v) is 1.94. The lowest BCUT2D eigenvalue weighted by Crippen LogP contribution is -2.01. The van der Waals surface area contributed by atoms with E-state index in [2.05, 4.69) is 28.6 Å². The van der Waals surface area contributed by atoms with Gasteiger partial charge in [0.15, 0.2) is 0 Å². The Morgan fingerprint density at radius 3 is 3.00 bits per heavy atom. The summed E-state index contributed by atoms with van der Waals surface area (Å²) in [4.78, 5) is 8.47. The van der Waals surface area contributed by atoms with Crippen LogP contribution in [0.25, 0.3) is 0 Å². The highest BCUT2D eigenvalue weighted by Gasteiger charge is 2.10. The minimum absolute atomic E-state index is 0.847. The SMILES string of the molecule is CN=CCC1=C(C)CCC(SS)=N1. The highest BCUT2D eigenvalue weighted by molar-refractivity contribution is 8.74. The molecule has 0 aliphatic carbocycles. The third-order valence-corrected chi connectivity index (χ3v) is 3.18. The van der Waals surface area contributed by atoms with Gasteiger partial charge in [0.25, 0.3) is 0 Å². The molecule has 0 saturated carbocycles. The number of hydrogen-bond acceptors (Lipinski definition) is 4. The Kier molecular flexibility index (Phi) is 4.59. The minimum Gasteiger partial charge on any atom is -0.300 e. The maximum atomic E-state index is 4.51. The second-order valence-corrected chi connectivity index (χ2v) is 4.17. The van der Waals surface area contributed by atoms with Crippen molar-refractivity contribution >= 4 is 33.7 Å². The smallest absolute Gasteiger partial charge is 0.0841 e. The van der Waals surface area contributed by atoms with Crippen LogP contribution in [0, 0.1) is 0 Å². The standard InChI is InChI=1S/C9H14N2S2/c1-7-3-4-9(13-12)11-8(7)5-6-10-2/h6,12H,3-5H2,1-2H3. The van der Waals surface area contributed by atoms with E-state index in [9.17, 15) is 0 Å². The zero-order valence-corrected chi connectivity index (χ0v) is 9.66. The van der Waals surface area contributed by atoms with Gasteiger partial charge < -0.3 is 4.99 Å². The predicted octanol–water partition coefficient (Wildman–Crippen LogP) is 3.12. The van der Waals surface area contributed by atoms with Crippen molar-refractivity contribution < 1.29 is 0 Å². The molecule has 1 aliphatic rings. The van der Waals surface area contributed by atoms with Crippen LogP contribution in [0.5, 0.6) is 0 Å². The molecule has 0 saturated heterocycles. The molecule has 0 bridgehead atoms. The third kappa shape index (κ3) is 3.19. The van der Waals surface area contributed by atoms with Gasteiger partial charge in [-0.25, -0.2) is 4.99 Å². The summed E-state index contributed by atoms with van der Waals surface area (Å²) >= 11 is 4.15. The number of allylic oxidation sites excluding steroid dienone is 2. The molecule has 0 fully saturated rings. The molecule has 0 spiro atoms. The molecule has 0 amide bonds. The third-order valence-electron chi connectivity index (χ3n) is 2.04. The molecule has 0 unspecified atom stereocenters. The first kappa shape index (κ1) is 10.9. The summed E-state index contributed by atoms with van der Waals surface area (Å²) in [5.74, 6) is 0. The lowest BCUT2D eigenvalue weighted by molar-refractivity contribution is 0.937. The van der Waals surface area contributed by atoms with E-state index in [0.29, 0.717) is 0 Å². The molecule has 0 radical (unpaired) electrons. The van der Waals surface area contributed by atoms with Gasteiger partial charge in [-0.1, -0.05) is 5.57 Å². The van der Waals surface area contributed by atoms with Crippen LogP contribution in [0.1, 0.15) is 26.2 Å². The molecular weight excluding hydrogens is 200 g/mol. The molecule has 0 N–H and O–H groups in total. The van der Waals surface area contributed by atoms with Gasteiger partial charge in [0.1, 0.15) is 0 Å². The number of aliphatic imine (C=N–C) groups is 2. The summed E-state index contributed by atoms with van der Waals surface area (Å²) in [5.41, 5.74) is 2.54. The van der Waals surface area contributed by atoms with Gasteiger partial charge in [-0.05, 0) is 24.1 Å². The van der Waals surface area contributed by atoms with E-state index in [-0.39, 0.29) is 0 Å². The Bertz CT molecular complexity index is 267. The summed E-state index contributed by atoms with van der Waals surface area (Å²) in [5, 5.41) is 1.12. The van der Waals surface area contributed by atoms with Crippen LogP contribution in [0.2, 0.25) is 0 Å². The first-order chi connectivity index (χ1) is 6.27. The van der Waals surface area contributed by atoms with Gasteiger partial charge in [-0.3, -0.25) is 0 Å². The fourth-order valence-electron chi connectivity index (χ4n) is 1.20. The molecule has 2 nitrogen and oxygen atoms in total. The molecule has 1 rings (SSSR count). The maximum absolute atomic E-state index is 4.51. The lowest BCUT2D eigenvalue weighted by atomic mass is 10.1. The van der Waals surface area contributed by atoms with E-state index < -0.39 is 0 Å². The van der Waals surface area contributed by atoms with E-state index in [0.717, 1.165) is 30.0 Å². The molecule has 0 aromatic carbocycles. The number of rotatable bonds is 2. The second-order valence-electron chi connectivity index (χ2n) is 2.97. The van der Waals surface area contributed by atoms with Gasteiger partial charge >= 0.3 is 0 Å². The van der Waals surface area contributed by atoms with E-state index in [4.69, 9.17) is 0 Å².